The van der Waals surface area contributed by atoms with E-state index in [4.69, 9.17) is 0 Å². The van der Waals surface area contributed by atoms with Crippen LogP contribution < -0.4 is 15.4 Å². The lowest BCUT2D eigenvalue weighted by molar-refractivity contribution is -0.274. The fourth-order valence-corrected chi connectivity index (χ4v) is 3.98. The van der Waals surface area contributed by atoms with Gasteiger partial charge >= 0.3 is 6.36 Å². The average molecular weight is 510 g/mol. The Morgan fingerprint density at radius 3 is 2.36 bits per heavy atom. The molecule has 0 saturated carbocycles. The smallest absolute Gasteiger partial charge is 0.406 e. The predicted octanol–water partition coefficient (Wildman–Crippen LogP) is 5.15. The van der Waals surface area contributed by atoms with E-state index in [-0.39, 0.29) is 17.7 Å². The van der Waals surface area contributed by atoms with Gasteiger partial charge in [0.25, 0.3) is 5.91 Å². The van der Waals surface area contributed by atoms with Gasteiger partial charge in [0.2, 0.25) is 0 Å². The summed E-state index contributed by atoms with van der Waals surface area (Å²) < 4.78 is 41.1. The Hall–Kier alpha value is -3.01. The van der Waals surface area contributed by atoms with E-state index in [1.54, 1.807) is 18.0 Å². The van der Waals surface area contributed by atoms with Crippen LogP contribution in [0.1, 0.15) is 47.5 Å². The number of alkyl halides is 3. The second-order valence-corrected chi connectivity index (χ2v) is 8.67. The van der Waals surface area contributed by atoms with Crippen LogP contribution in [0.4, 0.5) is 18.9 Å². The number of aliphatic imine (C=N–C) groups is 1. The second kappa shape index (κ2) is 13.3. The molecular weight excluding hydrogens is 471 g/mol. The average Bonchev–Trinajstić information content (AvgIpc) is 3.14. The molecule has 0 aliphatic carbocycles. The molecule has 1 heterocycles. The molecular formula is C26H38F3N5O2. The number of allylic oxidation sites excluding steroid dienone is 1. The van der Waals surface area contributed by atoms with E-state index >= 15 is 0 Å². The molecule has 0 radical (unpaired) electrons. The van der Waals surface area contributed by atoms with Crippen LogP contribution in [0, 0.1) is 0 Å². The van der Waals surface area contributed by atoms with E-state index in [9.17, 15) is 18.0 Å². The minimum atomic E-state index is -4.74. The summed E-state index contributed by atoms with van der Waals surface area (Å²) in [6.45, 7) is 13.6. The first-order valence-electron chi connectivity index (χ1n) is 12.4. The number of benzene rings is 1. The Kier molecular flexibility index (Phi) is 10.8. The van der Waals surface area contributed by atoms with Gasteiger partial charge in [0, 0.05) is 36.6 Å². The molecule has 1 amide bonds. The summed E-state index contributed by atoms with van der Waals surface area (Å²) in [7, 11) is 1.80. The normalized spacial score (nSPS) is 17.3. The van der Waals surface area contributed by atoms with Crippen molar-refractivity contribution < 1.29 is 22.7 Å². The Morgan fingerprint density at radius 1 is 1.17 bits per heavy atom. The molecule has 0 bridgehead atoms. The lowest BCUT2D eigenvalue weighted by Gasteiger charge is -2.21. The van der Waals surface area contributed by atoms with Gasteiger partial charge in [0.15, 0.2) is 0 Å². The van der Waals surface area contributed by atoms with Crippen molar-refractivity contribution in [2.24, 2.45) is 4.99 Å². The first kappa shape index (κ1) is 29.2. The van der Waals surface area contributed by atoms with Crippen molar-refractivity contribution in [1.82, 2.24) is 15.1 Å². The van der Waals surface area contributed by atoms with Gasteiger partial charge in [0.05, 0.1) is 0 Å². The van der Waals surface area contributed by atoms with Gasteiger partial charge in [-0.05, 0) is 83.6 Å². The summed E-state index contributed by atoms with van der Waals surface area (Å²) in [6.07, 6.45) is -1.07. The molecule has 1 aromatic rings. The topological polar surface area (TPSA) is 69.2 Å². The zero-order valence-electron chi connectivity index (χ0n) is 22.0. The van der Waals surface area contributed by atoms with E-state index in [0.717, 1.165) is 38.0 Å². The number of carbonyl (C=O) groups excluding carboxylic acids is 1. The van der Waals surface area contributed by atoms with Crippen molar-refractivity contribution in [3.8, 4) is 5.75 Å². The lowest BCUT2D eigenvalue weighted by Crippen LogP contribution is -2.38. The molecule has 0 spiro atoms. The minimum absolute atomic E-state index is 0.0265. The fourth-order valence-electron chi connectivity index (χ4n) is 3.98. The maximum absolute atomic E-state index is 13.1. The van der Waals surface area contributed by atoms with Crippen molar-refractivity contribution in [2.45, 2.75) is 59.9 Å². The van der Waals surface area contributed by atoms with Crippen molar-refractivity contribution in [1.29, 1.82) is 0 Å². The first-order chi connectivity index (χ1) is 17.0. The zero-order chi connectivity index (χ0) is 26.9. The number of ether oxygens (including phenoxy) is 1. The van der Waals surface area contributed by atoms with E-state index in [2.05, 4.69) is 39.1 Å². The monoisotopic (exact) mass is 509 g/mol. The number of carbonyl (C=O) groups is 1. The van der Waals surface area contributed by atoms with Crippen molar-refractivity contribution in [2.75, 3.05) is 38.5 Å². The number of hydrogen-bond donors (Lipinski definition) is 2. The lowest BCUT2D eigenvalue weighted by atomic mass is 10.1. The highest BCUT2D eigenvalue weighted by molar-refractivity contribution is 6.12. The third-order valence-electron chi connectivity index (χ3n) is 5.95. The second-order valence-electron chi connectivity index (χ2n) is 8.67. The standard InChI is InChI=1S/C26H38F3N5O2/c1-7-30-24-22(19(5)32-20-12-14-21(15-13-20)36-26(27,28)29)17-23(33(24)6)25(35)31-18(4)11-10-16-34(8-2)9-3/h12-15,17-18,32H,7-11,16H2,1-6H3,(H,31,35)/b22-19+,30-24+. The Morgan fingerprint density at radius 2 is 1.81 bits per heavy atom. The summed E-state index contributed by atoms with van der Waals surface area (Å²) in [5, 5.41) is 6.27. The zero-order valence-corrected chi connectivity index (χ0v) is 22.0. The summed E-state index contributed by atoms with van der Waals surface area (Å²) >= 11 is 0. The third-order valence-corrected chi connectivity index (χ3v) is 5.95. The van der Waals surface area contributed by atoms with Gasteiger partial charge in [-0.25, -0.2) is 0 Å². The molecule has 2 rings (SSSR count). The number of halogens is 3. The molecule has 200 valence electrons. The predicted molar refractivity (Wildman–Crippen MR) is 138 cm³/mol. The number of likely N-dealkylation sites (N-methyl/N-ethyl adjacent to an activating group) is 1. The summed E-state index contributed by atoms with van der Waals surface area (Å²) in [5.41, 5.74) is 2.53. The number of nitrogens with zero attached hydrogens (tertiary/aromatic N) is 3. The highest BCUT2D eigenvalue weighted by Gasteiger charge is 2.31. The van der Waals surface area contributed by atoms with E-state index in [0.29, 0.717) is 29.5 Å². The maximum Gasteiger partial charge on any atom is 0.573 e. The number of amides is 1. The highest BCUT2D eigenvalue weighted by atomic mass is 19.4. The Balaban J connectivity index is 2.13. The van der Waals surface area contributed by atoms with Crippen LogP contribution in [0.2, 0.25) is 0 Å². The number of amidine groups is 1. The number of nitrogens with one attached hydrogen (secondary N) is 2. The van der Waals surface area contributed by atoms with Gasteiger partial charge in [-0.1, -0.05) is 13.8 Å². The van der Waals surface area contributed by atoms with Crippen LogP contribution in [0.25, 0.3) is 0 Å². The molecule has 1 aliphatic heterocycles. The van der Waals surface area contributed by atoms with Crippen LogP contribution >= 0.6 is 0 Å². The Bertz CT molecular complexity index is 967. The van der Waals surface area contributed by atoms with Gasteiger partial charge in [-0.2, -0.15) is 0 Å². The molecule has 7 nitrogen and oxygen atoms in total. The number of rotatable bonds is 12. The third kappa shape index (κ3) is 8.58. The Labute approximate surface area is 212 Å². The van der Waals surface area contributed by atoms with E-state index in [1.807, 2.05) is 20.8 Å². The van der Waals surface area contributed by atoms with Gasteiger partial charge in [0.1, 0.15) is 17.3 Å². The molecule has 1 aromatic carbocycles. The summed E-state index contributed by atoms with van der Waals surface area (Å²) in [5.74, 6) is 0.184. The molecule has 2 N–H and O–H groups in total. The summed E-state index contributed by atoms with van der Waals surface area (Å²) in [4.78, 5) is 21.8. The van der Waals surface area contributed by atoms with Crippen LogP contribution in [0.3, 0.4) is 0 Å². The van der Waals surface area contributed by atoms with Crippen LogP contribution in [0.5, 0.6) is 5.75 Å². The van der Waals surface area contributed by atoms with Crippen molar-refractivity contribution in [3.63, 3.8) is 0 Å². The van der Waals surface area contributed by atoms with Crippen molar-refractivity contribution in [3.05, 3.63) is 47.3 Å². The molecule has 1 atom stereocenters. The van der Waals surface area contributed by atoms with Crippen LogP contribution in [-0.2, 0) is 4.79 Å². The fraction of sp³-hybridized carbons (Fsp3) is 0.538. The first-order valence-corrected chi connectivity index (χ1v) is 12.4. The molecule has 0 fully saturated rings. The molecule has 1 unspecified atom stereocenters. The maximum atomic E-state index is 13.1. The summed E-state index contributed by atoms with van der Waals surface area (Å²) in [6, 6.07) is 5.51. The molecule has 0 saturated heterocycles. The number of anilines is 1. The SMILES string of the molecule is CC/N=C1\C(=C(/C)Nc2ccc(OC(F)(F)F)cc2)C=C(C(=O)NC(C)CCCN(CC)CC)N1C. The van der Waals surface area contributed by atoms with Crippen LogP contribution in [0.15, 0.2) is 52.3 Å². The quantitative estimate of drug-likeness (QED) is 0.408. The number of hydrogen-bond acceptors (Lipinski definition) is 5. The van der Waals surface area contributed by atoms with Crippen molar-refractivity contribution >= 4 is 17.4 Å². The molecule has 10 heteroatoms. The largest absolute Gasteiger partial charge is 0.573 e. The van der Waals surface area contributed by atoms with Gasteiger partial charge in [-0.15, -0.1) is 13.2 Å². The van der Waals surface area contributed by atoms with E-state index in [1.165, 1.54) is 24.3 Å². The molecule has 36 heavy (non-hydrogen) atoms. The highest BCUT2D eigenvalue weighted by Crippen LogP contribution is 2.27. The van der Waals surface area contributed by atoms with E-state index < -0.39 is 6.36 Å². The van der Waals surface area contributed by atoms with Gasteiger partial charge < -0.3 is 25.2 Å². The molecule has 0 aromatic heterocycles. The minimum Gasteiger partial charge on any atom is -0.406 e. The van der Waals surface area contributed by atoms with Crippen LogP contribution in [-0.4, -0.2) is 67.2 Å². The molecule has 1 aliphatic rings. The van der Waals surface area contributed by atoms with Gasteiger partial charge in [-0.3, -0.25) is 9.79 Å².